The van der Waals surface area contributed by atoms with Crippen LogP contribution in [0.15, 0.2) is 24.3 Å². The number of halogens is 1. The van der Waals surface area contributed by atoms with E-state index in [4.69, 9.17) is 9.97 Å². The topological polar surface area (TPSA) is 34.6 Å². The molecule has 4 nitrogen and oxygen atoms in total. The molecule has 0 aliphatic rings. The Bertz CT molecular complexity index is 672. The van der Waals surface area contributed by atoms with Gasteiger partial charge in [-0.25, -0.2) is 14.1 Å². The van der Waals surface area contributed by atoms with Crippen LogP contribution >= 0.6 is 0 Å². The first-order chi connectivity index (χ1) is 8.76. The number of hydrogen-bond donors (Lipinski definition) is 0. The van der Waals surface area contributed by atoms with E-state index in [1.54, 1.807) is 0 Å². The second-order valence-corrected chi connectivity index (χ2v) is 4.40. The normalized spacial score (nSPS) is 10.9. The average Bonchev–Trinajstić information content (AvgIpc) is 2.66. The standard InChI is InChI=1S/C14H17N4.ClH/c1-4-17-10(3)18(5-2)14-13(17)15-11-8-6-7-9-12(11)16-14;/h6-9H,4-5H2,1-3H3;1H/q+1;/p-1. The molecule has 3 rings (SSSR count). The molecule has 0 N–H and O–H groups in total. The summed E-state index contributed by atoms with van der Waals surface area (Å²) >= 11 is 0. The third-order valence-corrected chi connectivity index (χ3v) is 3.46. The number of fused-ring (bicyclic) bond motifs is 2. The second kappa shape index (κ2) is 5.13. The first kappa shape index (κ1) is 13.7. The maximum absolute atomic E-state index is 4.76. The van der Waals surface area contributed by atoms with Crippen molar-refractivity contribution in [3.63, 3.8) is 0 Å². The van der Waals surface area contributed by atoms with Crippen LogP contribution < -0.4 is 17.0 Å². The summed E-state index contributed by atoms with van der Waals surface area (Å²) in [6, 6.07) is 8.03. The first-order valence-electron chi connectivity index (χ1n) is 6.41. The molecule has 2 aromatic heterocycles. The van der Waals surface area contributed by atoms with Gasteiger partial charge in [0.25, 0.3) is 5.65 Å². The van der Waals surface area contributed by atoms with Gasteiger partial charge in [-0.3, -0.25) is 0 Å². The van der Waals surface area contributed by atoms with Gasteiger partial charge in [-0.15, -0.1) is 0 Å². The molecule has 1 aromatic carbocycles. The Hall–Kier alpha value is -1.68. The third-order valence-electron chi connectivity index (χ3n) is 3.46. The Kier molecular flexibility index (Phi) is 3.71. The average molecular weight is 277 g/mol. The third kappa shape index (κ3) is 1.96. The molecule has 0 fully saturated rings. The molecule has 0 amide bonds. The van der Waals surface area contributed by atoms with Gasteiger partial charge in [0.05, 0.1) is 13.1 Å². The van der Waals surface area contributed by atoms with Gasteiger partial charge >= 0.3 is 5.65 Å². The van der Waals surface area contributed by atoms with Crippen molar-refractivity contribution in [2.45, 2.75) is 33.9 Å². The minimum Gasteiger partial charge on any atom is -1.00 e. The summed E-state index contributed by atoms with van der Waals surface area (Å²) in [5.74, 6) is 1.21. The van der Waals surface area contributed by atoms with Gasteiger partial charge in [0.1, 0.15) is 5.52 Å². The molecule has 0 unspecified atom stereocenters. The summed E-state index contributed by atoms with van der Waals surface area (Å²) in [4.78, 5) is 9.52. The molecule has 0 spiro atoms. The van der Waals surface area contributed by atoms with Crippen molar-refractivity contribution < 1.29 is 17.0 Å². The number of nitrogens with zero attached hydrogens (tertiary/aromatic N) is 4. The zero-order valence-electron chi connectivity index (χ0n) is 11.4. The lowest BCUT2D eigenvalue weighted by molar-refractivity contribution is -0.676. The van der Waals surface area contributed by atoms with Crippen molar-refractivity contribution in [2.75, 3.05) is 0 Å². The molecular weight excluding hydrogens is 260 g/mol. The van der Waals surface area contributed by atoms with Gasteiger partial charge in [0, 0.05) is 6.92 Å². The van der Waals surface area contributed by atoms with Crippen LogP contribution in [0, 0.1) is 6.92 Å². The summed E-state index contributed by atoms with van der Waals surface area (Å²) < 4.78 is 4.44. The first-order valence-corrected chi connectivity index (χ1v) is 6.41. The fraction of sp³-hybridized carbons (Fsp3) is 0.357. The highest BCUT2D eigenvalue weighted by molar-refractivity contribution is 5.81. The van der Waals surface area contributed by atoms with Crippen LogP contribution in [-0.4, -0.2) is 14.5 Å². The lowest BCUT2D eigenvalue weighted by Gasteiger charge is -1.96. The largest absolute Gasteiger partial charge is 1.00 e. The van der Waals surface area contributed by atoms with E-state index < -0.39 is 0 Å². The Morgan fingerprint density at radius 1 is 1.11 bits per heavy atom. The quantitative estimate of drug-likeness (QED) is 0.576. The van der Waals surface area contributed by atoms with Crippen molar-refractivity contribution in [2.24, 2.45) is 0 Å². The SMILES string of the molecule is CCn1c(C)[n+](CC)c2nc3ccccc3nc21.[Cl-]. The summed E-state index contributed by atoms with van der Waals surface area (Å²) in [6.07, 6.45) is 0. The van der Waals surface area contributed by atoms with E-state index in [1.165, 1.54) is 5.82 Å². The summed E-state index contributed by atoms with van der Waals surface area (Å²) in [5.41, 5.74) is 3.88. The number of para-hydroxylation sites is 2. The van der Waals surface area contributed by atoms with E-state index in [0.717, 1.165) is 35.4 Å². The molecule has 0 saturated carbocycles. The molecule has 0 aliphatic carbocycles. The van der Waals surface area contributed by atoms with Crippen LogP contribution in [0.3, 0.4) is 0 Å². The zero-order chi connectivity index (χ0) is 12.7. The van der Waals surface area contributed by atoms with E-state index in [0.29, 0.717) is 0 Å². The maximum Gasteiger partial charge on any atom is 0.322 e. The van der Waals surface area contributed by atoms with E-state index in [2.05, 4.69) is 29.9 Å². The van der Waals surface area contributed by atoms with Gasteiger partial charge in [0.2, 0.25) is 5.82 Å². The molecule has 2 heterocycles. The predicted octanol–water partition coefficient (Wildman–Crippen LogP) is -0.776. The fourth-order valence-electron chi connectivity index (χ4n) is 2.55. The van der Waals surface area contributed by atoms with Crippen LogP contribution in [0.1, 0.15) is 19.7 Å². The van der Waals surface area contributed by atoms with Gasteiger partial charge in [-0.05, 0) is 26.0 Å². The maximum atomic E-state index is 4.76. The van der Waals surface area contributed by atoms with Crippen LogP contribution in [0.5, 0.6) is 0 Å². The highest BCUT2D eigenvalue weighted by Gasteiger charge is 2.22. The number of rotatable bonds is 2. The lowest BCUT2D eigenvalue weighted by atomic mass is 10.3. The number of aromatic nitrogens is 4. The number of benzene rings is 1. The smallest absolute Gasteiger partial charge is 0.322 e. The number of imidazole rings is 1. The van der Waals surface area contributed by atoms with Crippen LogP contribution in [0.2, 0.25) is 0 Å². The van der Waals surface area contributed by atoms with E-state index in [1.807, 2.05) is 24.3 Å². The molecular formula is C14H17ClN4. The highest BCUT2D eigenvalue weighted by atomic mass is 35.5. The Balaban J connectivity index is 0.00000133. The number of hydrogen-bond acceptors (Lipinski definition) is 2. The van der Waals surface area contributed by atoms with Gasteiger partial charge in [0.15, 0.2) is 5.52 Å². The molecule has 5 heteroatoms. The van der Waals surface area contributed by atoms with E-state index >= 15 is 0 Å². The molecule has 0 saturated heterocycles. The van der Waals surface area contributed by atoms with Crippen molar-refractivity contribution in [1.82, 2.24) is 14.5 Å². The summed E-state index contributed by atoms with van der Waals surface area (Å²) in [7, 11) is 0. The number of aryl methyl sites for hydroxylation is 2. The molecule has 3 aromatic rings. The zero-order valence-corrected chi connectivity index (χ0v) is 12.1. The summed E-state index contributed by atoms with van der Waals surface area (Å²) in [6.45, 7) is 8.25. The Morgan fingerprint density at radius 3 is 2.32 bits per heavy atom. The van der Waals surface area contributed by atoms with Crippen LogP contribution in [-0.2, 0) is 13.1 Å². The minimum absolute atomic E-state index is 0. The van der Waals surface area contributed by atoms with Crippen molar-refractivity contribution in [1.29, 1.82) is 0 Å². The fourth-order valence-corrected chi connectivity index (χ4v) is 2.55. The van der Waals surface area contributed by atoms with Crippen LogP contribution in [0.4, 0.5) is 0 Å². The summed E-state index contributed by atoms with van der Waals surface area (Å²) in [5, 5.41) is 0. The van der Waals surface area contributed by atoms with Crippen molar-refractivity contribution in [3.05, 3.63) is 30.1 Å². The molecule has 0 bridgehead atoms. The Labute approximate surface area is 118 Å². The van der Waals surface area contributed by atoms with Crippen molar-refractivity contribution in [3.8, 4) is 0 Å². The Morgan fingerprint density at radius 2 is 1.74 bits per heavy atom. The highest BCUT2D eigenvalue weighted by Crippen LogP contribution is 2.15. The molecule has 0 aliphatic heterocycles. The molecule has 0 radical (unpaired) electrons. The molecule has 100 valence electrons. The van der Waals surface area contributed by atoms with Gasteiger partial charge < -0.3 is 12.4 Å². The molecule has 0 atom stereocenters. The van der Waals surface area contributed by atoms with Crippen molar-refractivity contribution >= 4 is 22.3 Å². The minimum atomic E-state index is 0. The molecule has 19 heavy (non-hydrogen) atoms. The van der Waals surface area contributed by atoms with Gasteiger partial charge in [-0.2, -0.15) is 0 Å². The van der Waals surface area contributed by atoms with E-state index in [9.17, 15) is 0 Å². The van der Waals surface area contributed by atoms with Crippen LogP contribution in [0.25, 0.3) is 22.3 Å². The lowest BCUT2D eigenvalue weighted by Crippen LogP contribution is -3.00. The second-order valence-electron chi connectivity index (χ2n) is 4.40. The van der Waals surface area contributed by atoms with E-state index in [-0.39, 0.29) is 12.4 Å². The predicted molar refractivity (Wildman–Crippen MR) is 71.3 cm³/mol. The van der Waals surface area contributed by atoms with Gasteiger partial charge in [-0.1, -0.05) is 17.1 Å². The monoisotopic (exact) mass is 276 g/mol.